The molecule has 0 spiro atoms. The highest BCUT2D eigenvalue weighted by molar-refractivity contribution is 7.17. The maximum Gasteiger partial charge on any atom is 0.307 e. The van der Waals surface area contributed by atoms with Crippen LogP contribution in [0.1, 0.15) is 11.1 Å². The van der Waals surface area contributed by atoms with Gasteiger partial charge in [-0.3, -0.25) is 4.79 Å². The van der Waals surface area contributed by atoms with Gasteiger partial charge >= 0.3 is 5.97 Å². The Kier molecular flexibility index (Phi) is 5.04. The summed E-state index contributed by atoms with van der Waals surface area (Å²) in [4.78, 5) is 11.5. The van der Waals surface area contributed by atoms with E-state index in [9.17, 15) is 9.90 Å². The topological polar surface area (TPSA) is 94.3 Å². The smallest absolute Gasteiger partial charge is 0.307 e. The first-order valence-corrected chi connectivity index (χ1v) is 11.3. The van der Waals surface area contributed by atoms with Crippen molar-refractivity contribution in [3.05, 3.63) is 82.3 Å². The largest absolute Gasteiger partial charge is 0.481 e. The van der Waals surface area contributed by atoms with Crippen molar-refractivity contribution in [3.8, 4) is 11.1 Å². The Hall–Kier alpha value is -3.48. The van der Waals surface area contributed by atoms with Gasteiger partial charge in [0.15, 0.2) is 0 Å². The molecule has 2 aromatic heterocycles. The Labute approximate surface area is 193 Å². The van der Waals surface area contributed by atoms with Gasteiger partial charge in [0.2, 0.25) is 0 Å². The molecule has 2 heterocycles. The second kappa shape index (κ2) is 7.89. The van der Waals surface area contributed by atoms with Gasteiger partial charge < -0.3 is 21.1 Å². The molecule has 0 amide bonds. The fraction of sp³-hybridized carbons (Fsp3) is 0.0800. The number of carboxylic acid groups (broad SMARTS) is 1. The van der Waals surface area contributed by atoms with E-state index in [0.29, 0.717) is 22.9 Å². The number of rotatable bonds is 5. The van der Waals surface area contributed by atoms with Crippen LogP contribution in [0.15, 0.2) is 66.2 Å². The molecule has 5 N–H and O–H groups in total. The summed E-state index contributed by atoms with van der Waals surface area (Å²) in [5.74, 6) is -0.854. The summed E-state index contributed by atoms with van der Waals surface area (Å²) >= 11 is 7.80. The molecule has 3 aromatic carbocycles. The fourth-order valence-corrected chi connectivity index (χ4v) is 5.42. The van der Waals surface area contributed by atoms with E-state index < -0.39 is 5.97 Å². The molecule has 0 aliphatic rings. The molecule has 160 valence electrons. The van der Waals surface area contributed by atoms with Crippen LogP contribution in [0.5, 0.6) is 0 Å². The van der Waals surface area contributed by atoms with Crippen LogP contribution >= 0.6 is 22.9 Å². The zero-order valence-electron chi connectivity index (χ0n) is 17.0. The molecule has 0 radical (unpaired) electrons. The Morgan fingerprint density at radius 2 is 1.69 bits per heavy atom. The number of fused-ring (bicyclic) bond motifs is 2. The molecule has 5 aromatic rings. The Morgan fingerprint density at radius 1 is 0.938 bits per heavy atom. The van der Waals surface area contributed by atoms with E-state index in [1.54, 1.807) is 17.4 Å². The molecule has 5 nitrogen and oxygen atoms in total. The quantitative estimate of drug-likeness (QED) is 0.279. The van der Waals surface area contributed by atoms with Gasteiger partial charge in [-0.2, -0.15) is 0 Å². The number of carboxylic acids is 1. The molecular formula is C25H20ClN3O2S. The zero-order chi connectivity index (χ0) is 22.4. The van der Waals surface area contributed by atoms with Crippen molar-refractivity contribution in [2.45, 2.75) is 13.0 Å². The molecule has 0 aliphatic carbocycles. The minimum atomic E-state index is -0.854. The van der Waals surface area contributed by atoms with Gasteiger partial charge in [0, 0.05) is 44.7 Å². The standard InChI is InChI=1S/C25H20ClN3O2S/c26-18-2-4-22-17(13-32-24(22)9-18)12-29-11-16(8-25(30)31)21-3-1-14(7-23(21)29)15-5-19(27)10-20(28)6-15/h1-7,9-11,13H,8,12,27-28H2,(H,30,31). The van der Waals surface area contributed by atoms with Crippen LogP contribution in [-0.2, 0) is 17.8 Å². The summed E-state index contributed by atoms with van der Waals surface area (Å²) in [7, 11) is 0. The van der Waals surface area contributed by atoms with Crippen molar-refractivity contribution in [1.29, 1.82) is 0 Å². The van der Waals surface area contributed by atoms with E-state index in [1.165, 1.54) is 5.56 Å². The molecule has 0 aliphatic heterocycles. The van der Waals surface area contributed by atoms with E-state index in [4.69, 9.17) is 23.1 Å². The number of benzene rings is 3. The molecule has 0 unspecified atom stereocenters. The summed E-state index contributed by atoms with van der Waals surface area (Å²) < 4.78 is 3.24. The molecule has 0 saturated heterocycles. The highest BCUT2D eigenvalue weighted by Gasteiger charge is 2.15. The number of nitrogen functional groups attached to an aromatic ring is 2. The first-order chi connectivity index (χ1) is 15.4. The molecule has 7 heteroatoms. The van der Waals surface area contributed by atoms with Crippen LogP contribution in [0.3, 0.4) is 0 Å². The number of aliphatic carboxylic acids is 1. The maximum absolute atomic E-state index is 11.5. The second-order valence-electron chi connectivity index (χ2n) is 7.87. The van der Waals surface area contributed by atoms with Gasteiger partial charge in [0.1, 0.15) is 0 Å². The normalized spacial score (nSPS) is 11.4. The first kappa shape index (κ1) is 20.4. The van der Waals surface area contributed by atoms with Crippen LogP contribution in [-0.4, -0.2) is 15.6 Å². The van der Waals surface area contributed by atoms with Crippen molar-refractivity contribution in [3.63, 3.8) is 0 Å². The number of hydrogen-bond acceptors (Lipinski definition) is 4. The number of anilines is 2. The van der Waals surface area contributed by atoms with Crippen molar-refractivity contribution in [2.24, 2.45) is 0 Å². The third-order valence-electron chi connectivity index (χ3n) is 5.58. The van der Waals surface area contributed by atoms with Crippen LogP contribution in [0, 0.1) is 0 Å². The number of nitrogens with zero attached hydrogens (tertiary/aromatic N) is 1. The number of aromatic nitrogens is 1. The summed E-state index contributed by atoms with van der Waals surface area (Å²) in [6.07, 6.45) is 1.91. The van der Waals surface area contributed by atoms with Crippen LogP contribution in [0.4, 0.5) is 11.4 Å². The van der Waals surface area contributed by atoms with Crippen LogP contribution in [0.25, 0.3) is 32.1 Å². The lowest BCUT2D eigenvalue weighted by Crippen LogP contribution is -2.00. The Balaban J connectivity index is 1.65. The molecule has 0 bridgehead atoms. The maximum atomic E-state index is 11.5. The monoisotopic (exact) mass is 461 g/mol. The van der Waals surface area contributed by atoms with E-state index in [1.807, 2.05) is 48.7 Å². The van der Waals surface area contributed by atoms with Gasteiger partial charge in [-0.25, -0.2) is 0 Å². The Bertz CT molecular complexity index is 1480. The number of thiophene rings is 1. The lowest BCUT2D eigenvalue weighted by Gasteiger charge is -2.09. The minimum absolute atomic E-state index is 0.0337. The lowest BCUT2D eigenvalue weighted by atomic mass is 10.0. The number of carbonyl (C=O) groups is 1. The second-order valence-corrected chi connectivity index (χ2v) is 9.22. The van der Waals surface area contributed by atoms with Gasteiger partial charge in [-0.1, -0.05) is 29.8 Å². The predicted molar refractivity (Wildman–Crippen MR) is 133 cm³/mol. The van der Waals surface area contributed by atoms with E-state index in [-0.39, 0.29) is 6.42 Å². The highest BCUT2D eigenvalue weighted by Crippen LogP contribution is 2.33. The molecule has 5 rings (SSSR count). The zero-order valence-corrected chi connectivity index (χ0v) is 18.6. The third-order valence-corrected chi connectivity index (χ3v) is 6.81. The summed E-state index contributed by atoms with van der Waals surface area (Å²) in [5.41, 5.74) is 18.0. The average molecular weight is 462 g/mol. The molecule has 0 atom stereocenters. The van der Waals surface area contributed by atoms with E-state index in [2.05, 4.69) is 16.0 Å². The number of hydrogen-bond donors (Lipinski definition) is 3. The van der Waals surface area contributed by atoms with Gasteiger partial charge in [-0.15, -0.1) is 11.3 Å². The summed E-state index contributed by atoms with van der Waals surface area (Å²) in [5, 5.41) is 14.3. The minimum Gasteiger partial charge on any atom is -0.481 e. The average Bonchev–Trinajstić information content (AvgIpc) is 3.28. The molecule has 0 fully saturated rings. The fourth-order valence-electron chi connectivity index (χ4n) is 4.19. The van der Waals surface area contributed by atoms with Crippen molar-refractivity contribution >= 4 is 61.3 Å². The van der Waals surface area contributed by atoms with Crippen LogP contribution in [0.2, 0.25) is 5.02 Å². The SMILES string of the molecule is Nc1cc(N)cc(-c2ccc3c(CC(=O)O)cn(Cc4csc5cc(Cl)ccc45)c3c2)c1. The van der Waals surface area contributed by atoms with Gasteiger partial charge in [-0.05, 0) is 69.4 Å². The predicted octanol–water partition coefficient (Wildman–Crippen LogP) is 6.02. The Morgan fingerprint density at radius 3 is 2.44 bits per heavy atom. The van der Waals surface area contributed by atoms with Crippen molar-refractivity contribution in [2.75, 3.05) is 11.5 Å². The van der Waals surface area contributed by atoms with E-state index in [0.717, 1.165) is 37.7 Å². The molecule has 0 saturated carbocycles. The number of nitrogens with two attached hydrogens (primary N) is 2. The van der Waals surface area contributed by atoms with Crippen molar-refractivity contribution in [1.82, 2.24) is 4.57 Å². The summed E-state index contributed by atoms with van der Waals surface area (Å²) in [6.45, 7) is 0.625. The highest BCUT2D eigenvalue weighted by atomic mass is 35.5. The molecular weight excluding hydrogens is 442 g/mol. The van der Waals surface area contributed by atoms with Crippen molar-refractivity contribution < 1.29 is 9.90 Å². The first-order valence-electron chi connectivity index (χ1n) is 10.0. The lowest BCUT2D eigenvalue weighted by molar-refractivity contribution is -0.136. The van der Waals surface area contributed by atoms with E-state index >= 15 is 0 Å². The number of halogens is 1. The van der Waals surface area contributed by atoms with Gasteiger partial charge in [0.25, 0.3) is 0 Å². The van der Waals surface area contributed by atoms with Crippen LogP contribution < -0.4 is 11.5 Å². The van der Waals surface area contributed by atoms with Gasteiger partial charge in [0.05, 0.1) is 6.42 Å². The third kappa shape index (κ3) is 3.79. The summed E-state index contributed by atoms with van der Waals surface area (Å²) in [6, 6.07) is 17.4. The molecule has 32 heavy (non-hydrogen) atoms.